The van der Waals surface area contributed by atoms with Crippen molar-refractivity contribution in [2.45, 2.75) is 12.0 Å². The zero-order valence-corrected chi connectivity index (χ0v) is 10.3. The van der Waals surface area contributed by atoms with E-state index in [1.165, 1.54) is 30.0 Å². The number of halogens is 1. The minimum absolute atomic E-state index is 0.132. The second-order valence-electron chi connectivity index (χ2n) is 4.15. The number of carbonyl (C=O) groups is 2. The van der Waals surface area contributed by atoms with E-state index in [2.05, 4.69) is 5.32 Å². The van der Waals surface area contributed by atoms with Gasteiger partial charge in [-0.05, 0) is 30.4 Å². The third-order valence-corrected chi connectivity index (χ3v) is 4.06. The van der Waals surface area contributed by atoms with Gasteiger partial charge in [0.2, 0.25) is 0 Å². The van der Waals surface area contributed by atoms with Gasteiger partial charge >= 0.3 is 5.97 Å². The van der Waals surface area contributed by atoms with Gasteiger partial charge < -0.3 is 10.4 Å². The van der Waals surface area contributed by atoms with Crippen LogP contribution in [0.2, 0.25) is 0 Å². The van der Waals surface area contributed by atoms with Crippen LogP contribution < -0.4 is 5.32 Å². The minimum Gasteiger partial charge on any atom is -0.479 e. The summed E-state index contributed by atoms with van der Waals surface area (Å²) in [5.74, 6) is -1.09. The molecular weight excluding hydrogens is 257 g/mol. The fourth-order valence-electron chi connectivity index (χ4n) is 1.80. The summed E-state index contributed by atoms with van der Waals surface area (Å²) in [5.41, 5.74) is -1.10. The molecule has 2 N–H and O–H groups in total. The summed E-state index contributed by atoms with van der Waals surface area (Å²) in [6, 6.07) is 5.19. The highest BCUT2D eigenvalue weighted by molar-refractivity contribution is 7.99. The first-order valence-corrected chi connectivity index (χ1v) is 6.58. The van der Waals surface area contributed by atoms with Gasteiger partial charge in [-0.3, -0.25) is 4.79 Å². The number of amides is 1. The predicted molar refractivity (Wildman–Crippen MR) is 66.2 cm³/mol. The zero-order chi connectivity index (χ0) is 13.2. The van der Waals surface area contributed by atoms with Crippen molar-refractivity contribution >= 4 is 23.6 Å². The molecule has 1 unspecified atom stereocenters. The molecule has 4 nitrogen and oxygen atoms in total. The van der Waals surface area contributed by atoms with Gasteiger partial charge in [-0.15, -0.1) is 0 Å². The molecule has 1 heterocycles. The lowest BCUT2D eigenvalue weighted by atomic mass is 9.98. The molecule has 6 heteroatoms. The molecule has 96 valence electrons. The lowest BCUT2D eigenvalue weighted by Gasteiger charge is -2.24. The first-order chi connectivity index (χ1) is 8.53. The largest absolute Gasteiger partial charge is 0.479 e. The molecule has 0 aromatic heterocycles. The van der Waals surface area contributed by atoms with Crippen molar-refractivity contribution in [3.8, 4) is 0 Å². The van der Waals surface area contributed by atoms with E-state index in [-0.39, 0.29) is 5.56 Å². The Morgan fingerprint density at radius 1 is 1.44 bits per heavy atom. The number of benzene rings is 1. The van der Waals surface area contributed by atoms with Crippen molar-refractivity contribution in [3.63, 3.8) is 0 Å². The Labute approximate surface area is 108 Å². The molecule has 0 bridgehead atoms. The Morgan fingerprint density at radius 2 is 2.22 bits per heavy atom. The van der Waals surface area contributed by atoms with Crippen LogP contribution in [0.15, 0.2) is 24.3 Å². The average Bonchev–Trinajstić information content (AvgIpc) is 2.79. The molecule has 0 aliphatic carbocycles. The maximum absolute atomic E-state index is 13.0. The quantitative estimate of drug-likeness (QED) is 0.873. The summed E-state index contributed by atoms with van der Waals surface area (Å²) in [7, 11) is 0. The van der Waals surface area contributed by atoms with Crippen LogP contribution >= 0.6 is 11.8 Å². The predicted octanol–water partition coefficient (Wildman–Crippen LogP) is 1.52. The van der Waals surface area contributed by atoms with Crippen LogP contribution in [0.3, 0.4) is 0 Å². The molecule has 1 aliphatic heterocycles. The van der Waals surface area contributed by atoms with Crippen molar-refractivity contribution < 1.29 is 19.1 Å². The third-order valence-electron chi connectivity index (χ3n) is 2.87. The smallest absolute Gasteiger partial charge is 0.330 e. The number of hydrogen-bond donors (Lipinski definition) is 2. The molecule has 18 heavy (non-hydrogen) atoms. The highest BCUT2D eigenvalue weighted by Crippen LogP contribution is 2.28. The Bertz CT molecular complexity index is 486. The van der Waals surface area contributed by atoms with Crippen molar-refractivity contribution in [2.24, 2.45) is 0 Å². The van der Waals surface area contributed by atoms with Crippen LogP contribution in [0.4, 0.5) is 4.39 Å². The van der Waals surface area contributed by atoms with Crippen molar-refractivity contribution in [1.82, 2.24) is 5.32 Å². The Morgan fingerprint density at radius 3 is 2.78 bits per heavy atom. The molecule has 1 aliphatic rings. The van der Waals surface area contributed by atoms with Crippen molar-refractivity contribution in [3.05, 3.63) is 35.6 Å². The standard InChI is InChI=1S/C12H12FNO3S/c13-9-3-1-2-8(6-9)10(15)14-12(11(16)17)4-5-18-7-12/h1-3,6H,4-5,7H2,(H,14,15)(H,16,17). The number of carboxylic acid groups (broad SMARTS) is 1. The number of carbonyl (C=O) groups excluding carboxylic acids is 1. The number of carboxylic acids is 1. The number of aliphatic carboxylic acids is 1. The van der Waals surface area contributed by atoms with Crippen LogP contribution in [0.1, 0.15) is 16.8 Å². The molecule has 1 fully saturated rings. The molecule has 1 aromatic rings. The van der Waals surface area contributed by atoms with E-state index in [0.29, 0.717) is 17.9 Å². The number of thioether (sulfide) groups is 1. The Balaban J connectivity index is 2.18. The number of nitrogens with one attached hydrogen (secondary N) is 1. The van der Waals surface area contributed by atoms with E-state index in [9.17, 15) is 19.1 Å². The summed E-state index contributed by atoms with van der Waals surface area (Å²) in [5, 5.41) is 11.7. The fraction of sp³-hybridized carbons (Fsp3) is 0.333. The summed E-state index contributed by atoms with van der Waals surface area (Å²) in [4.78, 5) is 23.2. The Kier molecular flexibility index (Phi) is 3.56. The lowest BCUT2D eigenvalue weighted by Crippen LogP contribution is -2.54. The molecule has 1 atom stereocenters. The van der Waals surface area contributed by atoms with E-state index in [1.807, 2.05) is 0 Å². The summed E-state index contributed by atoms with van der Waals surface area (Å²) in [6.45, 7) is 0. The topological polar surface area (TPSA) is 66.4 Å². The third kappa shape index (κ3) is 2.48. The van der Waals surface area contributed by atoms with E-state index >= 15 is 0 Å². The molecular formula is C12H12FNO3S. The van der Waals surface area contributed by atoms with E-state index in [0.717, 1.165) is 6.07 Å². The van der Waals surface area contributed by atoms with Crippen LogP contribution in [-0.4, -0.2) is 34.0 Å². The monoisotopic (exact) mass is 269 g/mol. The van der Waals surface area contributed by atoms with Crippen molar-refractivity contribution in [1.29, 1.82) is 0 Å². The van der Waals surface area contributed by atoms with E-state index < -0.39 is 23.2 Å². The first-order valence-electron chi connectivity index (χ1n) is 5.43. The second kappa shape index (κ2) is 4.97. The van der Waals surface area contributed by atoms with Crippen LogP contribution in [0, 0.1) is 5.82 Å². The summed E-state index contributed by atoms with van der Waals surface area (Å²) >= 11 is 1.48. The first kappa shape index (κ1) is 12.9. The highest BCUT2D eigenvalue weighted by atomic mass is 32.2. The van der Waals surface area contributed by atoms with E-state index in [1.54, 1.807) is 0 Å². The fourth-order valence-corrected chi connectivity index (χ4v) is 3.13. The molecule has 0 radical (unpaired) electrons. The van der Waals surface area contributed by atoms with Gasteiger partial charge in [0.05, 0.1) is 0 Å². The Hall–Kier alpha value is -1.56. The van der Waals surface area contributed by atoms with Crippen LogP contribution in [-0.2, 0) is 4.79 Å². The molecule has 1 amide bonds. The maximum Gasteiger partial charge on any atom is 0.330 e. The maximum atomic E-state index is 13.0. The molecule has 2 rings (SSSR count). The summed E-state index contributed by atoms with van der Waals surface area (Å²) < 4.78 is 13.0. The summed E-state index contributed by atoms with van der Waals surface area (Å²) in [6.07, 6.45) is 0.383. The normalized spacial score (nSPS) is 22.7. The highest BCUT2D eigenvalue weighted by Gasteiger charge is 2.43. The molecule has 0 saturated carbocycles. The van der Waals surface area contributed by atoms with Gasteiger partial charge in [0.25, 0.3) is 5.91 Å². The SMILES string of the molecule is O=C(NC1(C(=O)O)CCSC1)c1cccc(F)c1. The minimum atomic E-state index is -1.23. The van der Waals surface area contributed by atoms with Crippen LogP contribution in [0.5, 0.6) is 0 Å². The lowest BCUT2D eigenvalue weighted by molar-refractivity contribution is -0.143. The zero-order valence-electron chi connectivity index (χ0n) is 9.48. The molecule has 0 spiro atoms. The number of rotatable bonds is 3. The molecule has 1 saturated heterocycles. The van der Waals surface area contributed by atoms with Gasteiger partial charge in [-0.1, -0.05) is 6.07 Å². The van der Waals surface area contributed by atoms with E-state index in [4.69, 9.17) is 0 Å². The van der Waals surface area contributed by atoms with Gasteiger partial charge in [-0.2, -0.15) is 11.8 Å². The van der Waals surface area contributed by atoms with Crippen molar-refractivity contribution in [2.75, 3.05) is 11.5 Å². The average molecular weight is 269 g/mol. The van der Waals surface area contributed by atoms with Gasteiger partial charge in [0, 0.05) is 11.3 Å². The second-order valence-corrected chi connectivity index (χ2v) is 5.26. The van der Waals surface area contributed by atoms with Gasteiger partial charge in [0.15, 0.2) is 0 Å². The van der Waals surface area contributed by atoms with Crippen LogP contribution in [0.25, 0.3) is 0 Å². The van der Waals surface area contributed by atoms with Gasteiger partial charge in [0.1, 0.15) is 11.4 Å². The van der Waals surface area contributed by atoms with Gasteiger partial charge in [-0.25, -0.2) is 9.18 Å². The molecule has 1 aromatic carbocycles. The number of hydrogen-bond acceptors (Lipinski definition) is 3.